The monoisotopic (exact) mass is 411 g/mol. The van der Waals surface area contributed by atoms with Gasteiger partial charge in [0.25, 0.3) is 0 Å². The van der Waals surface area contributed by atoms with Gasteiger partial charge in [-0.1, -0.05) is 0 Å². The largest absolute Gasteiger partial charge is 0.507 e. The normalized spacial score (nSPS) is 17.4. The SMILES string of the molecule is COc1ccc(O)c(/C=N/Nc2nc(N3CCCCC3)nc(N3CCCCC3)n2)c1. The summed E-state index contributed by atoms with van der Waals surface area (Å²) in [6, 6.07) is 4.99. The van der Waals surface area contributed by atoms with Crippen LogP contribution in [0.4, 0.5) is 17.8 Å². The van der Waals surface area contributed by atoms with Gasteiger partial charge in [0.15, 0.2) is 0 Å². The molecule has 0 aliphatic carbocycles. The Morgan fingerprint density at radius 2 is 1.53 bits per heavy atom. The first-order valence-corrected chi connectivity index (χ1v) is 10.6. The molecule has 0 unspecified atom stereocenters. The molecule has 160 valence electrons. The fraction of sp³-hybridized carbons (Fsp3) is 0.524. The van der Waals surface area contributed by atoms with Gasteiger partial charge in [0, 0.05) is 31.7 Å². The summed E-state index contributed by atoms with van der Waals surface area (Å²) in [6.07, 6.45) is 8.64. The van der Waals surface area contributed by atoms with Crippen LogP contribution in [0.2, 0.25) is 0 Å². The predicted molar refractivity (Wildman–Crippen MR) is 118 cm³/mol. The van der Waals surface area contributed by atoms with Gasteiger partial charge in [-0.25, -0.2) is 5.43 Å². The van der Waals surface area contributed by atoms with E-state index < -0.39 is 0 Å². The zero-order chi connectivity index (χ0) is 20.8. The summed E-state index contributed by atoms with van der Waals surface area (Å²) in [5.74, 6) is 2.58. The van der Waals surface area contributed by atoms with Gasteiger partial charge in [-0.15, -0.1) is 0 Å². The van der Waals surface area contributed by atoms with Crippen LogP contribution in [-0.2, 0) is 0 Å². The third-order valence-electron chi connectivity index (χ3n) is 5.49. The topological polar surface area (TPSA) is 99.0 Å². The molecule has 30 heavy (non-hydrogen) atoms. The minimum atomic E-state index is 0.125. The fourth-order valence-corrected chi connectivity index (χ4v) is 3.80. The number of anilines is 3. The number of nitrogens with one attached hydrogen (secondary N) is 1. The van der Waals surface area contributed by atoms with Crippen LogP contribution in [0.3, 0.4) is 0 Å². The molecule has 0 saturated carbocycles. The van der Waals surface area contributed by atoms with Crippen LogP contribution < -0.4 is 20.0 Å². The molecule has 0 radical (unpaired) electrons. The second-order valence-corrected chi connectivity index (χ2v) is 7.65. The number of phenolic OH excluding ortho intramolecular Hbond substituents is 1. The molecule has 1 aromatic carbocycles. The number of ether oxygens (including phenoxy) is 1. The highest BCUT2D eigenvalue weighted by molar-refractivity contribution is 5.84. The highest BCUT2D eigenvalue weighted by Gasteiger charge is 2.20. The molecule has 0 amide bonds. The van der Waals surface area contributed by atoms with Crippen molar-refractivity contribution in [3.05, 3.63) is 23.8 Å². The molecule has 0 bridgehead atoms. The minimum Gasteiger partial charge on any atom is -0.507 e. The van der Waals surface area contributed by atoms with Crippen LogP contribution >= 0.6 is 0 Å². The van der Waals surface area contributed by atoms with E-state index in [9.17, 15) is 5.11 Å². The lowest BCUT2D eigenvalue weighted by Crippen LogP contribution is -2.34. The molecule has 3 heterocycles. The molecule has 9 heteroatoms. The maximum absolute atomic E-state index is 10.0. The maximum Gasteiger partial charge on any atom is 0.250 e. The molecule has 2 saturated heterocycles. The lowest BCUT2D eigenvalue weighted by molar-refractivity contribution is 0.412. The van der Waals surface area contributed by atoms with Gasteiger partial charge in [-0.2, -0.15) is 20.1 Å². The van der Waals surface area contributed by atoms with Crippen molar-refractivity contribution in [2.75, 3.05) is 48.5 Å². The highest BCUT2D eigenvalue weighted by atomic mass is 16.5. The number of aromatic hydroxyl groups is 1. The lowest BCUT2D eigenvalue weighted by atomic mass is 10.1. The molecule has 2 N–H and O–H groups in total. The Bertz CT molecular complexity index is 841. The summed E-state index contributed by atoms with van der Waals surface area (Å²) in [5.41, 5.74) is 3.46. The molecule has 2 aliphatic rings. The van der Waals surface area contributed by atoms with Crippen LogP contribution in [0.1, 0.15) is 44.1 Å². The first kappa shape index (κ1) is 20.2. The van der Waals surface area contributed by atoms with E-state index in [1.54, 1.807) is 25.3 Å². The first-order valence-electron chi connectivity index (χ1n) is 10.6. The fourth-order valence-electron chi connectivity index (χ4n) is 3.80. The molecule has 0 spiro atoms. The zero-order valence-corrected chi connectivity index (χ0v) is 17.4. The third kappa shape index (κ3) is 4.90. The molecule has 9 nitrogen and oxygen atoms in total. The number of rotatable bonds is 6. The van der Waals surface area contributed by atoms with E-state index in [0.717, 1.165) is 51.9 Å². The van der Waals surface area contributed by atoms with Gasteiger partial charge in [-0.05, 0) is 56.7 Å². The third-order valence-corrected chi connectivity index (χ3v) is 5.49. The van der Waals surface area contributed by atoms with E-state index in [4.69, 9.17) is 9.72 Å². The van der Waals surface area contributed by atoms with Gasteiger partial charge in [0.1, 0.15) is 11.5 Å². The standard InChI is InChI=1S/C21H29N7O2/c1-30-17-8-9-18(29)16(14-17)15-22-26-19-23-20(27-10-4-2-5-11-27)25-21(24-19)28-12-6-3-7-13-28/h8-9,14-15,29H,2-7,10-13H2,1H3,(H,23,24,25,26)/b22-15+. The number of piperidine rings is 2. The Morgan fingerprint density at radius 1 is 0.933 bits per heavy atom. The predicted octanol–water partition coefficient (Wildman–Crippen LogP) is 3.01. The van der Waals surface area contributed by atoms with Crippen LogP contribution in [0, 0.1) is 0 Å². The van der Waals surface area contributed by atoms with Crippen molar-refractivity contribution in [1.82, 2.24) is 15.0 Å². The van der Waals surface area contributed by atoms with Crippen molar-refractivity contribution >= 4 is 24.1 Å². The zero-order valence-electron chi connectivity index (χ0n) is 17.4. The van der Waals surface area contributed by atoms with Crippen molar-refractivity contribution < 1.29 is 9.84 Å². The first-order chi connectivity index (χ1) is 14.7. The molecule has 2 aliphatic heterocycles. The minimum absolute atomic E-state index is 0.125. The summed E-state index contributed by atoms with van der Waals surface area (Å²) >= 11 is 0. The number of hydrazone groups is 1. The number of aromatic nitrogens is 3. The van der Waals surface area contributed by atoms with E-state index in [1.807, 2.05) is 0 Å². The molecular weight excluding hydrogens is 382 g/mol. The molecule has 2 fully saturated rings. The average Bonchev–Trinajstić information content (AvgIpc) is 2.81. The molecular formula is C21H29N7O2. The lowest BCUT2D eigenvalue weighted by Gasteiger charge is -2.30. The van der Waals surface area contributed by atoms with Crippen molar-refractivity contribution in [3.8, 4) is 11.5 Å². The van der Waals surface area contributed by atoms with Gasteiger partial charge < -0.3 is 19.6 Å². The van der Waals surface area contributed by atoms with Gasteiger partial charge in [-0.3, -0.25) is 0 Å². The number of methoxy groups -OCH3 is 1. The van der Waals surface area contributed by atoms with Crippen LogP contribution in [0.25, 0.3) is 0 Å². The van der Waals surface area contributed by atoms with E-state index >= 15 is 0 Å². The highest BCUT2D eigenvalue weighted by Crippen LogP contribution is 2.23. The Kier molecular flexibility index (Phi) is 6.46. The Balaban J connectivity index is 1.56. The van der Waals surface area contributed by atoms with Crippen molar-refractivity contribution in [1.29, 1.82) is 0 Å². The average molecular weight is 412 g/mol. The van der Waals surface area contributed by atoms with E-state index in [-0.39, 0.29) is 5.75 Å². The summed E-state index contributed by atoms with van der Waals surface area (Å²) in [5, 5.41) is 14.3. The summed E-state index contributed by atoms with van der Waals surface area (Å²) in [7, 11) is 1.58. The number of nitrogens with zero attached hydrogens (tertiary/aromatic N) is 6. The van der Waals surface area contributed by atoms with E-state index in [1.165, 1.54) is 19.1 Å². The summed E-state index contributed by atoms with van der Waals surface area (Å²) < 4.78 is 5.20. The van der Waals surface area contributed by atoms with E-state index in [2.05, 4.69) is 30.3 Å². The smallest absolute Gasteiger partial charge is 0.250 e. The second-order valence-electron chi connectivity index (χ2n) is 7.65. The van der Waals surface area contributed by atoms with Crippen molar-refractivity contribution in [2.45, 2.75) is 38.5 Å². The molecule has 1 aromatic heterocycles. The van der Waals surface area contributed by atoms with Gasteiger partial charge >= 0.3 is 0 Å². The van der Waals surface area contributed by atoms with Crippen LogP contribution in [0.5, 0.6) is 11.5 Å². The number of hydrogen-bond donors (Lipinski definition) is 2. The van der Waals surface area contributed by atoms with Gasteiger partial charge in [0.2, 0.25) is 17.8 Å². The molecule has 0 atom stereocenters. The quantitative estimate of drug-likeness (QED) is 0.553. The van der Waals surface area contributed by atoms with Crippen LogP contribution in [-0.4, -0.2) is 59.6 Å². The second kappa shape index (κ2) is 9.60. The summed E-state index contributed by atoms with van der Waals surface area (Å²) in [4.78, 5) is 18.4. The van der Waals surface area contributed by atoms with Crippen LogP contribution in [0.15, 0.2) is 23.3 Å². The van der Waals surface area contributed by atoms with Gasteiger partial charge in [0.05, 0.1) is 13.3 Å². The van der Waals surface area contributed by atoms with Crippen molar-refractivity contribution in [3.63, 3.8) is 0 Å². The van der Waals surface area contributed by atoms with Crippen molar-refractivity contribution in [2.24, 2.45) is 5.10 Å². The summed E-state index contributed by atoms with van der Waals surface area (Å²) in [6.45, 7) is 3.85. The Morgan fingerprint density at radius 3 is 2.10 bits per heavy atom. The van der Waals surface area contributed by atoms with E-state index in [0.29, 0.717) is 29.2 Å². The Labute approximate surface area is 176 Å². The maximum atomic E-state index is 10.0. The number of benzene rings is 1. The number of phenols is 1. The Hall–Kier alpha value is -3.10. The molecule has 4 rings (SSSR count). The molecule has 2 aromatic rings. The number of hydrogen-bond acceptors (Lipinski definition) is 9.